The second-order valence-corrected chi connectivity index (χ2v) is 3.98. The third-order valence-electron chi connectivity index (χ3n) is 2.06. The first-order chi connectivity index (χ1) is 7.69. The third-order valence-corrected chi connectivity index (χ3v) is 2.80. The maximum atomic E-state index is 11.0. The van der Waals surface area contributed by atoms with E-state index in [0.717, 1.165) is 15.7 Å². The van der Waals surface area contributed by atoms with E-state index in [-0.39, 0.29) is 12.5 Å². The van der Waals surface area contributed by atoms with Gasteiger partial charge in [-0.2, -0.15) is 0 Å². The number of hydrogen-bond acceptors (Lipinski definition) is 4. The van der Waals surface area contributed by atoms with Crippen molar-refractivity contribution in [3.63, 3.8) is 0 Å². The number of nitrogens with one attached hydrogen (secondary N) is 1. The fourth-order valence-corrected chi connectivity index (χ4v) is 1.74. The average molecular weight is 288 g/mol. The number of esters is 1. The van der Waals surface area contributed by atoms with Gasteiger partial charge in [-0.3, -0.25) is 4.79 Å². The largest absolute Gasteiger partial charge is 0.468 e. The summed E-state index contributed by atoms with van der Waals surface area (Å²) in [7, 11) is 2.99. The molecule has 1 N–H and O–H groups in total. The van der Waals surface area contributed by atoms with Crippen molar-refractivity contribution in [3.8, 4) is 0 Å². The maximum absolute atomic E-state index is 11.0. The van der Waals surface area contributed by atoms with Crippen LogP contribution in [0.15, 0.2) is 22.7 Å². The molecule has 0 aromatic heterocycles. The van der Waals surface area contributed by atoms with Gasteiger partial charge in [-0.05, 0) is 12.1 Å². The van der Waals surface area contributed by atoms with E-state index in [9.17, 15) is 4.79 Å². The Morgan fingerprint density at radius 2 is 2.19 bits per heavy atom. The number of rotatable bonds is 5. The van der Waals surface area contributed by atoms with Crippen LogP contribution in [-0.2, 0) is 20.9 Å². The molecule has 1 aromatic rings. The number of ether oxygens (including phenoxy) is 2. The van der Waals surface area contributed by atoms with Crippen LogP contribution in [0.2, 0.25) is 0 Å². The van der Waals surface area contributed by atoms with E-state index in [1.54, 1.807) is 7.11 Å². The van der Waals surface area contributed by atoms with Gasteiger partial charge in [0, 0.05) is 22.8 Å². The van der Waals surface area contributed by atoms with Crippen molar-refractivity contribution < 1.29 is 14.3 Å². The molecule has 88 valence electrons. The van der Waals surface area contributed by atoms with Crippen LogP contribution in [0.1, 0.15) is 5.56 Å². The first-order valence-corrected chi connectivity index (χ1v) is 5.55. The molecule has 5 heteroatoms. The molecular weight excluding hydrogens is 274 g/mol. The molecule has 0 heterocycles. The van der Waals surface area contributed by atoms with E-state index in [0.29, 0.717) is 6.61 Å². The Kier molecular flexibility index (Phi) is 5.28. The van der Waals surface area contributed by atoms with E-state index in [4.69, 9.17) is 4.74 Å². The molecule has 0 bridgehead atoms. The highest BCUT2D eigenvalue weighted by molar-refractivity contribution is 9.10. The molecule has 0 saturated carbocycles. The molecule has 0 unspecified atom stereocenters. The molecule has 1 aromatic carbocycles. The second kappa shape index (κ2) is 6.50. The van der Waals surface area contributed by atoms with E-state index >= 15 is 0 Å². The highest BCUT2D eigenvalue weighted by Crippen LogP contribution is 2.25. The van der Waals surface area contributed by atoms with Gasteiger partial charge in [-0.25, -0.2) is 0 Å². The fourth-order valence-electron chi connectivity index (χ4n) is 1.25. The third kappa shape index (κ3) is 3.50. The highest BCUT2D eigenvalue weighted by Gasteiger charge is 2.07. The predicted octanol–water partition coefficient (Wildman–Crippen LogP) is 2.18. The topological polar surface area (TPSA) is 47.6 Å². The molecule has 0 saturated heterocycles. The molecule has 1 rings (SSSR count). The smallest absolute Gasteiger partial charge is 0.325 e. The van der Waals surface area contributed by atoms with Crippen LogP contribution in [-0.4, -0.2) is 26.7 Å². The number of carbonyl (C=O) groups is 1. The number of halogens is 1. The van der Waals surface area contributed by atoms with Gasteiger partial charge in [0.25, 0.3) is 0 Å². The van der Waals surface area contributed by atoms with Gasteiger partial charge in [0.05, 0.1) is 13.7 Å². The summed E-state index contributed by atoms with van der Waals surface area (Å²) in [5.41, 5.74) is 1.84. The number of benzene rings is 1. The van der Waals surface area contributed by atoms with Crippen molar-refractivity contribution in [1.29, 1.82) is 0 Å². The molecule has 0 aliphatic heterocycles. The maximum Gasteiger partial charge on any atom is 0.325 e. The first-order valence-electron chi connectivity index (χ1n) is 4.76. The second-order valence-electron chi connectivity index (χ2n) is 3.13. The van der Waals surface area contributed by atoms with Crippen molar-refractivity contribution >= 4 is 27.6 Å². The van der Waals surface area contributed by atoms with Gasteiger partial charge in [-0.15, -0.1) is 0 Å². The van der Waals surface area contributed by atoms with Crippen molar-refractivity contribution in [2.24, 2.45) is 0 Å². The SMILES string of the molecule is COCc1c(Br)cccc1NCC(=O)OC. The van der Waals surface area contributed by atoms with Crippen molar-refractivity contribution in [2.45, 2.75) is 6.61 Å². The Morgan fingerprint density at radius 3 is 2.81 bits per heavy atom. The number of hydrogen-bond donors (Lipinski definition) is 1. The van der Waals surface area contributed by atoms with Crippen LogP contribution in [0.4, 0.5) is 5.69 Å². The summed E-state index contributed by atoms with van der Waals surface area (Å²) in [6.07, 6.45) is 0. The van der Waals surface area contributed by atoms with Crippen LogP contribution >= 0.6 is 15.9 Å². The summed E-state index contributed by atoms with van der Waals surface area (Å²) in [5, 5.41) is 3.01. The van der Waals surface area contributed by atoms with Gasteiger partial charge < -0.3 is 14.8 Å². The number of anilines is 1. The summed E-state index contributed by atoms with van der Waals surface area (Å²) in [6, 6.07) is 5.71. The van der Waals surface area contributed by atoms with Gasteiger partial charge in [0.1, 0.15) is 6.54 Å². The van der Waals surface area contributed by atoms with Crippen molar-refractivity contribution in [1.82, 2.24) is 0 Å². The van der Waals surface area contributed by atoms with Crippen LogP contribution < -0.4 is 5.32 Å². The minimum atomic E-state index is -0.302. The molecule has 0 fully saturated rings. The quantitative estimate of drug-likeness (QED) is 0.844. The van der Waals surface area contributed by atoms with Crippen LogP contribution in [0.25, 0.3) is 0 Å². The first kappa shape index (κ1) is 13.0. The summed E-state index contributed by atoms with van der Waals surface area (Å²) in [4.78, 5) is 11.0. The normalized spacial score (nSPS) is 9.94. The average Bonchev–Trinajstić information content (AvgIpc) is 2.29. The lowest BCUT2D eigenvalue weighted by Crippen LogP contribution is -2.16. The molecule has 0 atom stereocenters. The standard InChI is InChI=1S/C11H14BrNO3/c1-15-7-8-9(12)4-3-5-10(8)13-6-11(14)16-2/h3-5,13H,6-7H2,1-2H3. The minimum Gasteiger partial charge on any atom is -0.468 e. The lowest BCUT2D eigenvalue weighted by atomic mass is 10.2. The Balaban J connectivity index is 2.78. The van der Waals surface area contributed by atoms with Crippen molar-refractivity contribution in [3.05, 3.63) is 28.2 Å². The highest BCUT2D eigenvalue weighted by atomic mass is 79.9. The number of carbonyl (C=O) groups excluding carboxylic acids is 1. The summed E-state index contributed by atoms with van der Waals surface area (Å²) >= 11 is 3.44. The molecule has 0 aliphatic carbocycles. The van der Waals surface area contributed by atoms with Crippen LogP contribution in [0, 0.1) is 0 Å². The van der Waals surface area contributed by atoms with E-state index in [2.05, 4.69) is 26.0 Å². The molecule has 4 nitrogen and oxygen atoms in total. The monoisotopic (exact) mass is 287 g/mol. The van der Waals surface area contributed by atoms with E-state index < -0.39 is 0 Å². The predicted molar refractivity (Wildman–Crippen MR) is 65.4 cm³/mol. The molecule has 0 spiro atoms. The van der Waals surface area contributed by atoms with Crippen LogP contribution in [0.3, 0.4) is 0 Å². The molecule has 0 amide bonds. The summed E-state index contributed by atoms with van der Waals surface area (Å²) in [5.74, 6) is -0.302. The summed E-state index contributed by atoms with van der Waals surface area (Å²) in [6.45, 7) is 0.620. The lowest BCUT2D eigenvalue weighted by Gasteiger charge is -2.12. The molecule has 16 heavy (non-hydrogen) atoms. The van der Waals surface area contributed by atoms with Gasteiger partial charge in [0.15, 0.2) is 0 Å². The van der Waals surface area contributed by atoms with Gasteiger partial charge in [-0.1, -0.05) is 22.0 Å². The zero-order valence-corrected chi connectivity index (χ0v) is 10.8. The Morgan fingerprint density at radius 1 is 1.44 bits per heavy atom. The zero-order chi connectivity index (χ0) is 12.0. The molecular formula is C11H14BrNO3. The zero-order valence-electron chi connectivity index (χ0n) is 9.25. The van der Waals surface area contributed by atoms with Gasteiger partial charge >= 0.3 is 5.97 Å². The molecule has 0 aliphatic rings. The lowest BCUT2D eigenvalue weighted by molar-refractivity contribution is -0.138. The Labute approximate surface area is 103 Å². The van der Waals surface area contributed by atoms with Crippen LogP contribution in [0.5, 0.6) is 0 Å². The van der Waals surface area contributed by atoms with E-state index in [1.165, 1.54) is 7.11 Å². The number of methoxy groups -OCH3 is 2. The van der Waals surface area contributed by atoms with E-state index in [1.807, 2.05) is 18.2 Å². The summed E-state index contributed by atoms with van der Waals surface area (Å²) < 4.78 is 10.6. The minimum absolute atomic E-state index is 0.143. The Bertz CT molecular complexity index is 368. The van der Waals surface area contributed by atoms with Gasteiger partial charge in [0.2, 0.25) is 0 Å². The molecule has 0 radical (unpaired) electrons. The van der Waals surface area contributed by atoms with Crippen molar-refractivity contribution in [2.75, 3.05) is 26.1 Å². The Hall–Kier alpha value is -1.07. The fraction of sp³-hybridized carbons (Fsp3) is 0.364.